The molecule has 1 amide bonds. The van der Waals surface area contributed by atoms with Crippen molar-refractivity contribution >= 4 is 28.5 Å². The second kappa shape index (κ2) is 6.33. The van der Waals surface area contributed by atoms with Crippen molar-refractivity contribution in [1.82, 2.24) is 19.4 Å². The lowest BCUT2D eigenvalue weighted by Crippen LogP contribution is -2.41. The number of aromatic nitrogens is 4. The Morgan fingerprint density at radius 2 is 1.96 bits per heavy atom. The first kappa shape index (κ1) is 17.2. The van der Waals surface area contributed by atoms with E-state index in [1.807, 2.05) is 31.2 Å². The van der Waals surface area contributed by atoms with Crippen LogP contribution in [0.4, 0.5) is 0 Å². The van der Waals surface area contributed by atoms with E-state index in [1.54, 1.807) is 18.5 Å². The van der Waals surface area contributed by atoms with Crippen LogP contribution in [-0.2, 0) is 4.79 Å². The maximum absolute atomic E-state index is 12.6. The van der Waals surface area contributed by atoms with E-state index in [9.17, 15) is 9.59 Å². The highest BCUT2D eigenvalue weighted by atomic mass is 35.5. The van der Waals surface area contributed by atoms with Crippen LogP contribution in [0.5, 0.6) is 0 Å². The number of carbonyl (C=O) groups excluding carboxylic acids is 1. The number of rotatable bonds is 4. The van der Waals surface area contributed by atoms with Gasteiger partial charge in [-0.15, -0.1) is 11.6 Å². The van der Waals surface area contributed by atoms with Crippen molar-refractivity contribution in [2.75, 3.05) is 11.3 Å². The summed E-state index contributed by atoms with van der Waals surface area (Å²) in [4.78, 5) is 29.1. The van der Waals surface area contributed by atoms with Crippen molar-refractivity contribution in [1.29, 1.82) is 0 Å². The van der Waals surface area contributed by atoms with Crippen molar-refractivity contribution < 1.29 is 4.79 Å². The minimum atomic E-state index is -0.804. The van der Waals surface area contributed by atoms with E-state index in [4.69, 9.17) is 11.6 Å². The maximum atomic E-state index is 12.6. The summed E-state index contributed by atoms with van der Waals surface area (Å²) in [5.41, 5.74) is 3.68. The van der Waals surface area contributed by atoms with Gasteiger partial charge >= 0.3 is 0 Å². The van der Waals surface area contributed by atoms with Crippen molar-refractivity contribution in [3.05, 3.63) is 52.7 Å². The summed E-state index contributed by atoms with van der Waals surface area (Å²) in [5.74, 6) is -0.231. The summed E-state index contributed by atoms with van der Waals surface area (Å²) < 4.78 is 2.64. The van der Waals surface area contributed by atoms with Crippen molar-refractivity contribution in [2.45, 2.75) is 20.8 Å². The predicted molar refractivity (Wildman–Crippen MR) is 96.7 cm³/mol. The quantitative estimate of drug-likeness (QED) is 0.724. The Morgan fingerprint density at radius 3 is 2.60 bits per heavy atom. The molecular weight excluding hydrogens is 342 g/mol. The third-order valence-electron chi connectivity index (χ3n) is 3.94. The summed E-state index contributed by atoms with van der Waals surface area (Å²) in [6.07, 6.45) is 2.72. The van der Waals surface area contributed by atoms with Gasteiger partial charge in [-0.1, -0.05) is 17.7 Å². The number of nitrogens with one attached hydrogen (secondary N) is 1. The second-order valence-electron chi connectivity index (χ2n) is 6.51. The molecule has 130 valence electrons. The fourth-order valence-electron chi connectivity index (χ4n) is 2.19. The molecule has 0 spiro atoms. The minimum Gasteiger partial charge on any atom is -0.273 e. The van der Waals surface area contributed by atoms with E-state index in [0.717, 1.165) is 15.9 Å². The molecule has 1 aromatic carbocycles. The molecule has 8 heteroatoms. The highest BCUT2D eigenvalue weighted by molar-refractivity contribution is 6.20. The van der Waals surface area contributed by atoms with Crippen LogP contribution in [0.25, 0.3) is 16.7 Å². The van der Waals surface area contributed by atoms with E-state index in [1.165, 1.54) is 12.5 Å². The van der Waals surface area contributed by atoms with Gasteiger partial charge in [0.1, 0.15) is 11.7 Å². The predicted octanol–water partition coefficient (Wildman–Crippen LogP) is 2.23. The van der Waals surface area contributed by atoms with E-state index < -0.39 is 11.0 Å². The number of benzene rings is 1. The van der Waals surface area contributed by atoms with Gasteiger partial charge in [-0.25, -0.2) is 14.3 Å². The number of amides is 1. The van der Waals surface area contributed by atoms with Gasteiger partial charge in [-0.3, -0.25) is 15.0 Å². The lowest BCUT2D eigenvalue weighted by Gasteiger charge is -2.20. The fourth-order valence-corrected chi connectivity index (χ4v) is 2.31. The molecule has 0 unspecified atom stereocenters. The average Bonchev–Trinajstić information content (AvgIpc) is 3.02. The molecule has 0 saturated heterocycles. The molecule has 3 rings (SSSR count). The molecule has 0 fully saturated rings. The van der Waals surface area contributed by atoms with Gasteiger partial charge in [0, 0.05) is 5.88 Å². The molecule has 2 aromatic heterocycles. The van der Waals surface area contributed by atoms with Crippen LogP contribution in [0.3, 0.4) is 0 Å². The van der Waals surface area contributed by atoms with Crippen molar-refractivity contribution in [3.63, 3.8) is 0 Å². The third-order valence-corrected chi connectivity index (χ3v) is 4.61. The zero-order chi connectivity index (χ0) is 18.2. The van der Waals surface area contributed by atoms with Gasteiger partial charge in [0.15, 0.2) is 5.65 Å². The van der Waals surface area contributed by atoms with Crippen LogP contribution in [0.1, 0.15) is 19.4 Å². The van der Waals surface area contributed by atoms with Crippen LogP contribution in [0, 0.1) is 12.3 Å². The van der Waals surface area contributed by atoms with Crippen LogP contribution < -0.4 is 11.0 Å². The Bertz CT molecular complexity index is 988. The van der Waals surface area contributed by atoms with Gasteiger partial charge in [0.25, 0.3) is 5.56 Å². The molecule has 25 heavy (non-hydrogen) atoms. The molecule has 0 saturated carbocycles. The molecule has 7 nitrogen and oxygen atoms in total. The molecule has 3 aromatic rings. The molecule has 0 radical (unpaired) electrons. The number of carbonyl (C=O) groups is 1. The van der Waals surface area contributed by atoms with Crippen LogP contribution in [0.15, 0.2) is 41.6 Å². The summed E-state index contributed by atoms with van der Waals surface area (Å²) >= 11 is 5.79. The number of aryl methyl sites for hydroxylation is 1. The van der Waals surface area contributed by atoms with E-state index >= 15 is 0 Å². The number of hydrogen-bond donors (Lipinski definition) is 1. The molecule has 1 N–H and O–H groups in total. The van der Waals surface area contributed by atoms with E-state index in [0.29, 0.717) is 11.0 Å². The first-order valence-corrected chi connectivity index (χ1v) is 8.27. The SMILES string of the molecule is Cc1ccc(-n2ncc3c(=O)n(NC(=O)C(C)(C)CCl)cnc32)cc1. The first-order chi connectivity index (χ1) is 11.8. The van der Waals surface area contributed by atoms with Gasteiger partial charge < -0.3 is 0 Å². The smallest absolute Gasteiger partial charge is 0.273 e. The number of alkyl halides is 1. The molecular formula is C17H18ClN5O2. The molecule has 0 aliphatic carbocycles. The monoisotopic (exact) mass is 359 g/mol. The minimum absolute atomic E-state index is 0.134. The summed E-state index contributed by atoms with van der Waals surface area (Å²) in [6, 6.07) is 7.72. The Morgan fingerprint density at radius 1 is 1.28 bits per heavy atom. The Labute approximate surface area is 149 Å². The zero-order valence-electron chi connectivity index (χ0n) is 14.2. The number of halogens is 1. The highest BCUT2D eigenvalue weighted by Crippen LogP contribution is 2.17. The summed E-state index contributed by atoms with van der Waals surface area (Å²) in [5, 5.41) is 4.56. The van der Waals surface area contributed by atoms with E-state index in [2.05, 4.69) is 15.5 Å². The van der Waals surface area contributed by atoms with Gasteiger partial charge in [0.2, 0.25) is 5.91 Å². The third kappa shape index (κ3) is 3.15. The van der Waals surface area contributed by atoms with E-state index in [-0.39, 0.29) is 11.8 Å². The fraction of sp³-hybridized carbons (Fsp3) is 0.294. The summed E-state index contributed by atoms with van der Waals surface area (Å²) in [7, 11) is 0. The summed E-state index contributed by atoms with van der Waals surface area (Å²) in [6.45, 7) is 5.39. The average molecular weight is 360 g/mol. The molecule has 0 aliphatic heterocycles. The number of fused-ring (bicyclic) bond motifs is 1. The maximum Gasteiger partial charge on any atom is 0.283 e. The molecule has 0 atom stereocenters. The molecule has 0 aliphatic rings. The Hall–Kier alpha value is -2.67. The van der Waals surface area contributed by atoms with Crippen LogP contribution in [-0.4, -0.2) is 31.2 Å². The van der Waals surface area contributed by atoms with Crippen molar-refractivity contribution in [2.24, 2.45) is 5.41 Å². The number of hydrogen-bond acceptors (Lipinski definition) is 4. The Kier molecular flexibility index (Phi) is 4.34. The normalized spacial score (nSPS) is 11.7. The lowest BCUT2D eigenvalue weighted by molar-refractivity contribution is -0.124. The topological polar surface area (TPSA) is 81.8 Å². The van der Waals surface area contributed by atoms with Crippen LogP contribution >= 0.6 is 11.6 Å². The second-order valence-corrected chi connectivity index (χ2v) is 6.77. The number of nitrogens with zero attached hydrogens (tertiary/aromatic N) is 4. The van der Waals surface area contributed by atoms with Crippen LogP contribution in [0.2, 0.25) is 0 Å². The Balaban J connectivity index is 2.01. The molecule has 2 heterocycles. The first-order valence-electron chi connectivity index (χ1n) is 7.73. The molecule has 0 bridgehead atoms. The van der Waals surface area contributed by atoms with Gasteiger partial charge in [-0.2, -0.15) is 5.10 Å². The largest absolute Gasteiger partial charge is 0.283 e. The van der Waals surface area contributed by atoms with Crippen molar-refractivity contribution in [3.8, 4) is 5.69 Å². The standard InChI is InChI=1S/C17H18ClN5O2/c1-11-4-6-12(7-5-11)23-14-13(8-20-23)15(24)22(10-19-14)21-16(25)17(2,3)9-18/h4-8,10H,9H2,1-3H3,(H,21,25). The zero-order valence-corrected chi connectivity index (χ0v) is 14.9. The van der Waals surface area contributed by atoms with Gasteiger partial charge in [0.05, 0.1) is 17.3 Å². The lowest BCUT2D eigenvalue weighted by atomic mass is 9.96. The highest BCUT2D eigenvalue weighted by Gasteiger charge is 2.27. The van der Waals surface area contributed by atoms with Gasteiger partial charge in [-0.05, 0) is 32.9 Å².